The Labute approximate surface area is 121 Å². The first-order valence-corrected chi connectivity index (χ1v) is 7.95. The third-order valence-corrected chi connectivity index (χ3v) is 6.26. The maximum Gasteiger partial charge on any atom is 0.122 e. The molecule has 4 rings (SSSR count). The first-order chi connectivity index (χ1) is 9.61. The molecular weight excluding hydrogens is 248 g/mol. The number of hydrogen-bond acceptors (Lipinski definition) is 2. The Morgan fingerprint density at radius 3 is 2.35 bits per heavy atom. The number of aliphatic hydroxyl groups is 1. The molecule has 1 aromatic rings. The Kier molecular flexibility index (Phi) is 2.69. The second kappa shape index (κ2) is 4.24. The number of hydrogen-bond donors (Lipinski definition) is 1. The van der Waals surface area contributed by atoms with Crippen molar-refractivity contribution in [2.24, 2.45) is 29.6 Å². The highest BCUT2D eigenvalue weighted by molar-refractivity contribution is 5.43. The normalized spacial score (nSPS) is 38.7. The van der Waals surface area contributed by atoms with Crippen LogP contribution >= 0.6 is 0 Å². The second-order valence-corrected chi connectivity index (χ2v) is 7.19. The number of benzene rings is 1. The van der Waals surface area contributed by atoms with Crippen LogP contribution in [0.15, 0.2) is 12.1 Å². The van der Waals surface area contributed by atoms with E-state index in [4.69, 9.17) is 4.74 Å². The summed E-state index contributed by atoms with van der Waals surface area (Å²) in [4.78, 5) is 0. The fraction of sp³-hybridized carbons (Fsp3) is 0.667. The summed E-state index contributed by atoms with van der Waals surface area (Å²) in [5, 5.41) is 10.9. The fourth-order valence-electron chi connectivity index (χ4n) is 5.37. The van der Waals surface area contributed by atoms with Crippen LogP contribution in [-0.4, -0.2) is 12.2 Å². The number of fused-ring (bicyclic) bond motifs is 5. The SMILES string of the molecule is COc1cc(C)c(C(O)C2C3C4CCC(C4)C32)cc1C. The van der Waals surface area contributed by atoms with Crippen LogP contribution in [0.1, 0.15) is 42.1 Å². The summed E-state index contributed by atoms with van der Waals surface area (Å²) in [5.41, 5.74) is 3.42. The fourth-order valence-corrected chi connectivity index (χ4v) is 5.37. The molecule has 0 spiro atoms. The zero-order valence-corrected chi connectivity index (χ0v) is 12.6. The van der Waals surface area contributed by atoms with E-state index in [1.54, 1.807) is 7.11 Å². The highest BCUT2D eigenvalue weighted by Crippen LogP contribution is 2.72. The van der Waals surface area contributed by atoms with Crippen LogP contribution in [0, 0.1) is 43.4 Å². The Bertz CT molecular complexity index is 535. The summed E-state index contributed by atoms with van der Waals surface area (Å²) in [6.45, 7) is 4.15. The van der Waals surface area contributed by atoms with Gasteiger partial charge >= 0.3 is 0 Å². The van der Waals surface area contributed by atoms with Gasteiger partial charge in [0, 0.05) is 0 Å². The van der Waals surface area contributed by atoms with Gasteiger partial charge in [-0.3, -0.25) is 0 Å². The maximum absolute atomic E-state index is 10.9. The molecule has 0 saturated heterocycles. The van der Waals surface area contributed by atoms with Crippen molar-refractivity contribution in [3.05, 3.63) is 28.8 Å². The predicted molar refractivity (Wildman–Crippen MR) is 78.7 cm³/mol. The summed E-state index contributed by atoms with van der Waals surface area (Å²) in [5.74, 6) is 4.95. The zero-order chi connectivity index (χ0) is 14.0. The molecule has 0 amide bonds. The van der Waals surface area contributed by atoms with Gasteiger partial charge in [-0.15, -0.1) is 0 Å². The molecule has 0 aromatic heterocycles. The first-order valence-electron chi connectivity index (χ1n) is 7.95. The summed E-state index contributed by atoms with van der Waals surface area (Å²) in [6, 6.07) is 4.20. The van der Waals surface area contributed by atoms with Crippen LogP contribution in [-0.2, 0) is 0 Å². The summed E-state index contributed by atoms with van der Waals surface area (Å²) < 4.78 is 5.37. The van der Waals surface area contributed by atoms with Crippen molar-refractivity contribution in [3.63, 3.8) is 0 Å². The summed E-state index contributed by atoms with van der Waals surface area (Å²) in [6.07, 6.45) is 4.00. The van der Waals surface area contributed by atoms with Crippen LogP contribution < -0.4 is 4.74 Å². The minimum atomic E-state index is -0.266. The van der Waals surface area contributed by atoms with Crippen molar-refractivity contribution in [2.75, 3.05) is 7.11 Å². The largest absolute Gasteiger partial charge is 0.496 e. The van der Waals surface area contributed by atoms with Crippen molar-refractivity contribution >= 4 is 0 Å². The van der Waals surface area contributed by atoms with Gasteiger partial charge in [-0.2, -0.15) is 0 Å². The number of aryl methyl sites for hydroxylation is 2. The lowest BCUT2D eigenvalue weighted by Gasteiger charge is -2.19. The lowest BCUT2D eigenvalue weighted by atomic mass is 9.91. The predicted octanol–water partition coefficient (Wildman–Crippen LogP) is 3.64. The molecule has 3 aliphatic rings. The van der Waals surface area contributed by atoms with Crippen molar-refractivity contribution in [1.82, 2.24) is 0 Å². The number of aliphatic hydroxyl groups excluding tert-OH is 1. The van der Waals surface area contributed by atoms with E-state index >= 15 is 0 Å². The Morgan fingerprint density at radius 1 is 1.10 bits per heavy atom. The molecule has 108 valence electrons. The van der Waals surface area contributed by atoms with E-state index in [2.05, 4.69) is 26.0 Å². The van der Waals surface area contributed by atoms with Gasteiger partial charge in [-0.05, 0) is 91.5 Å². The molecule has 2 bridgehead atoms. The van der Waals surface area contributed by atoms with Gasteiger partial charge in [0.05, 0.1) is 13.2 Å². The molecule has 3 saturated carbocycles. The average Bonchev–Trinajstić information content (AvgIpc) is 2.88. The van der Waals surface area contributed by atoms with E-state index in [-0.39, 0.29) is 6.10 Å². The Morgan fingerprint density at radius 2 is 1.75 bits per heavy atom. The van der Waals surface area contributed by atoms with E-state index in [0.29, 0.717) is 5.92 Å². The highest BCUT2D eigenvalue weighted by Gasteiger charge is 2.66. The van der Waals surface area contributed by atoms with E-state index in [1.165, 1.54) is 19.3 Å². The molecule has 20 heavy (non-hydrogen) atoms. The topological polar surface area (TPSA) is 29.5 Å². The minimum Gasteiger partial charge on any atom is -0.496 e. The smallest absolute Gasteiger partial charge is 0.122 e. The molecule has 0 aliphatic heterocycles. The number of methoxy groups -OCH3 is 1. The molecule has 3 aliphatic carbocycles. The van der Waals surface area contributed by atoms with Gasteiger partial charge in [-0.25, -0.2) is 0 Å². The lowest BCUT2D eigenvalue weighted by Crippen LogP contribution is -2.10. The van der Waals surface area contributed by atoms with E-state index in [1.807, 2.05) is 0 Å². The van der Waals surface area contributed by atoms with E-state index in [0.717, 1.165) is 46.1 Å². The molecular formula is C18H24O2. The molecule has 1 aromatic carbocycles. The van der Waals surface area contributed by atoms with Gasteiger partial charge < -0.3 is 9.84 Å². The summed E-state index contributed by atoms with van der Waals surface area (Å²) >= 11 is 0. The Balaban J connectivity index is 1.61. The molecule has 0 radical (unpaired) electrons. The molecule has 2 nitrogen and oxygen atoms in total. The molecule has 0 heterocycles. The molecule has 2 heteroatoms. The third-order valence-electron chi connectivity index (χ3n) is 6.26. The van der Waals surface area contributed by atoms with Crippen molar-refractivity contribution in [3.8, 4) is 5.75 Å². The Hall–Kier alpha value is -1.02. The second-order valence-electron chi connectivity index (χ2n) is 7.19. The standard InChI is InChI=1S/C18H24O2/c1-9-7-14(20-3)10(2)6-13(9)18(19)17-15-11-4-5-12(8-11)16(15)17/h6-7,11-12,15-19H,4-5,8H2,1-3H3. The van der Waals surface area contributed by atoms with E-state index < -0.39 is 0 Å². The van der Waals surface area contributed by atoms with Crippen LogP contribution in [0.25, 0.3) is 0 Å². The third kappa shape index (κ3) is 1.60. The van der Waals surface area contributed by atoms with Gasteiger partial charge in [0.1, 0.15) is 5.75 Å². The minimum absolute atomic E-state index is 0.266. The molecule has 3 fully saturated rings. The molecule has 1 N–H and O–H groups in total. The van der Waals surface area contributed by atoms with E-state index in [9.17, 15) is 5.11 Å². The van der Waals surface area contributed by atoms with Crippen LogP contribution in [0.5, 0.6) is 5.75 Å². The zero-order valence-electron chi connectivity index (χ0n) is 12.6. The highest BCUT2D eigenvalue weighted by atomic mass is 16.5. The summed E-state index contributed by atoms with van der Waals surface area (Å²) in [7, 11) is 1.71. The van der Waals surface area contributed by atoms with Gasteiger partial charge in [-0.1, -0.05) is 0 Å². The molecule has 5 atom stereocenters. The van der Waals surface area contributed by atoms with Crippen LogP contribution in [0.4, 0.5) is 0 Å². The van der Waals surface area contributed by atoms with Crippen LogP contribution in [0.2, 0.25) is 0 Å². The monoisotopic (exact) mass is 272 g/mol. The number of rotatable bonds is 3. The van der Waals surface area contributed by atoms with Gasteiger partial charge in [0.15, 0.2) is 0 Å². The van der Waals surface area contributed by atoms with Gasteiger partial charge in [0.2, 0.25) is 0 Å². The van der Waals surface area contributed by atoms with Crippen molar-refractivity contribution in [1.29, 1.82) is 0 Å². The first kappa shape index (κ1) is 12.7. The van der Waals surface area contributed by atoms with Crippen molar-refractivity contribution < 1.29 is 9.84 Å². The quantitative estimate of drug-likeness (QED) is 0.910. The maximum atomic E-state index is 10.9. The lowest BCUT2D eigenvalue weighted by molar-refractivity contribution is 0.129. The molecule has 5 unspecified atom stereocenters. The average molecular weight is 272 g/mol. The number of ether oxygens (including phenoxy) is 1. The van der Waals surface area contributed by atoms with Crippen LogP contribution in [0.3, 0.4) is 0 Å². The van der Waals surface area contributed by atoms with Crippen molar-refractivity contribution in [2.45, 2.75) is 39.2 Å². The van der Waals surface area contributed by atoms with Gasteiger partial charge in [0.25, 0.3) is 0 Å².